The fourth-order valence-electron chi connectivity index (χ4n) is 3.24. The van der Waals surface area contributed by atoms with E-state index in [1.165, 1.54) is 0 Å². The van der Waals surface area contributed by atoms with E-state index >= 15 is 0 Å². The summed E-state index contributed by atoms with van der Waals surface area (Å²) in [5.74, 6) is -0.0631. The summed E-state index contributed by atoms with van der Waals surface area (Å²) in [4.78, 5) is 14.8. The first-order valence-corrected chi connectivity index (χ1v) is 7.79. The lowest BCUT2D eigenvalue weighted by Crippen LogP contribution is -2.52. The Hall–Kier alpha value is -0.610. The number of carbonyl (C=O) groups is 1. The van der Waals surface area contributed by atoms with Crippen LogP contribution in [0.2, 0.25) is 0 Å². The van der Waals surface area contributed by atoms with Crippen molar-refractivity contribution in [3.05, 3.63) is 0 Å². The molecule has 1 saturated carbocycles. The molecule has 2 atom stereocenters. The number of rotatable bonds is 8. The number of carbonyl (C=O) groups excluding carboxylic acids is 1. The minimum absolute atomic E-state index is 0.0631. The maximum atomic E-state index is 12.3. The zero-order valence-corrected chi connectivity index (χ0v) is 13.0. The lowest BCUT2D eigenvalue weighted by molar-refractivity contribution is -0.151. The molecule has 0 amide bonds. The van der Waals surface area contributed by atoms with E-state index in [1.54, 1.807) is 0 Å². The van der Waals surface area contributed by atoms with Crippen molar-refractivity contribution in [2.45, 2.75) is 65.0 Å². The normalized spacial score (nSPS) is 26.9. The van der Waals surface area contributed by atoms with E-state index in [2.05, 4.69) is 31.0 Å². The second-order valence-electron chi connectivity index (χ2n) is 5.36. The fourth-order valence-corrected chi connectivity index (χ4v) is 3.24. The number of ether oxygens (including phenoxy) is 1. The van der Waals surface area contributed by atoms with Gasteiger partial charge in [-0.25, -0.2) is 0 Å². The highest BCUT2D eigenvalue weighted by molar-refractivity contribution is 5.81. The summed E-state index contributed by atoms with van der Waals surface area (Å²) < 4.78 is 5.28. The Labute approximate surface area is 117 Å². The monoisotopic (exact) mass is 270 g/mol. The van der Waals surface area contributed by atoms with Crippen LogP contribution in [0.1, 0.15) is 53.4 Å². The Morgan fingerprint density at radius 1 is 1.37 bits per heavy atom. The van der Waals surface area contributed by atoms with E-state index in [0.29, 0.717) is 12.6 Å². The second kappa shape index (κ2) is 7.85. The molecule has 0 aromatic rings. The van der Waals surface area contributed by atoms with Crippen molar-refractivity contribution < 1.29 is 9.53 Å². The third kappa shape index (κ3) is 3.93. The van der Waals surface area contributed by atoms with E-state index in [9.17, 15) is 4.79 Å². The fraction of sp³-hybridized carbons (Fsp3) is 0.933. The summed E-state index contributed by atoms with van der Waals surface area (Å²) in [5.41, 5.74) is -0.448. The average Bonchev–Trinajstić information content (AvgIpc) is 2.82. The topological polar surface area (TPSA) is 41.6 Å². The summed E-state index contributed by atoms with van der Waals surface area (Å²) in [6, 6.07) is 0.508. The van der Waals surface area contributed by atoms with Gasteiger partial charge in [0.05, 0.1) is 6.61 Å². The van der Waals surface area contributed by atoms with E-state index in [1.807, 2.05) is 6.92 Å². The third-order valence-corrected chi connectivity index (χ3v) is 4.10. The van der Waals surface area contributed by atoms with Crippen LogP contribution in [-0.4, -0.2) is 48.7 Å². The van der Waals surface area contributed by atoms with Gasteiger partial charge in [-0.1, -0.05) is 20.8 Å². The molecule has 1 rings (SSSR count). The molecule has 0 spiro atoms. The maximum Gasteiger partial charge on any atom is 0.326 e. The van der Waals surface area contributed by atoms with Crippen LogP contribution >= 0.6 is 0 Å². The lowest BCUT2D eigenvalue weighted by Gasteiger charge is -2.31. The van der Waals surface area contributed by atoms with Crippen molar-refractivity contribution in [2.75, 3.05) is 26.2 Å². The number of likely N-dealkylation sites (N-methyl/N-ethyl adjacent to an activating group) is 1. The Kier molecular flexibility index (Phi) is 6.80. The molecule has 0 aromatic carbocycles. The van der Waals surface area contributed by atoms with Gasteiger partial charge in [-0.05, 0) is 52.2 Å². The summed E-state index contributed by atoms with van der Waals surface area (Å²) in [7, 11) is 0. The smallest absolute Gasteiger partial charge is 0.326 e. The molecule has 112 valence electrons. The molecule has 0 aliphatic heterocycles. The van der Waals surface area contributed by atoms with Gasteiger partial charge in [0, 0.05) is 6.04 Å². The zero-order valence-electron chi connectivity index (χ0n) is 13.0. The van der Waals surface area contributed by atoms with Crippen LogP contribution in [0.4, 0.5) is 0 Å². The summed E-state index contributed by atoms with van der Waals surface area (Å²) in [5, 5.41) is 3.39. The summed E-state index contributed by atoms with van der Waals surface area (Å²) >= 11 is 0. The Balaban J connectivity index is 2.73. The highest BCUT2D eigenvalue weighted by Crippen LogP contribution is 2.34. The van der Waals surface area contributed by atoms with Crippen LogP contribution in [0.3, 0.4) is 0 Å². The van der Waals surface area contributed by atoms with E-state index in [-0.39, 0.29) is 5.97 Å². The van der Waals surface area contributed by atoms with Crippen molar-refractivity contribution in [3.63, 3.8) is 0 Å². The molecule has 0 bridgehead atoms. The van der Waals surface area contributed by atoms with Crippen LogP contribution in [0, 0.1) is 0 Å². The second-order valence-corrected chi connectivity index (χ2v) is 5.36. The average molecular weight is 270 g/mol. The standard InChI is InChI=1S/C15H30N2O2/c1-5-11-17(7-3)13-9-10-15(12-13,16-6-2)14(18)19-8-4/h13,16H,5-12H2,1-4H3. The predicted octanol–water partition coefficient (Wildman–Crippen LogP) is 2.18. The quantitative estimate of drug-likeness (QED) is 0.686. The molecule has 1 aliphatic rings. The molecule has 19 heavy (non-hydrogen) atoms. The zero-order chi connectivity index (χ0) is 14.3. The molecular weight excluding hydrogens is 240 g/mol. The Morgan fingerprint density at radius 3 is 2.63 bits per heavy atom. The molecule has 0 aromatic heterocycles. The lowest BCUT2D eigenvalue weighted by atomic mass is 9.97. The molecule has 4 nitrogen and oxygen atoms in total. The van der Waals surface area contributed by atoms with Crippen LogP contribution in [0.5, 0.6) is 0 Å². The van der Waals surface area contributed by atoms with Crippen molar-refractivity contribution in [1.29, 1.82) is 0 Å². The number of nitrogens with zero attached hydrogens (tertiary/aromatic N) is 1. The minimum atomic E-state index is -0.448. The Bertz CT molecular complexity index is 283. The van der Waals surface area contributed by atoms with Gasteiger partial charge in [-0.2, -0.15) is 0 Å². The van der Waals surface area contributed by atoms with Crippen LogP contribution < -0.4 is 5.32 Å². The van der Waals surface area contributed by atoms with Gasteiger partial charge < -0.3 is 15.0 Å². The SMILES string of the molecule is CCCN(CC)C1CCC(NCC)(C(=O)OCC)C1. The first kappa shape index (κ1) is 16.4. The van der Waals surface area contributed by atoms with E-state index in [4.69, 9.17) is 4.74 Å². The number of nitrogens with one attached hydrogen (secondary N) is 1. The van der Waals surface area contributed by atoms with Crippen molar-refractivity contribution in [3.8, 4) is 0 Å². The van der Waals surface area contributed by atoms with Crippen molar-refractivity contribution in [2.24, 2.45) is 0 Å². The minimum Gasteiger partial charge on any atom is -0.465 e. The molecule has 1 N–H and O–H groups in total. The van der Waals surface area contributed by atoms with Gasteiger partial charge in [0.2, 0.25) is 0 Å². The molecule has 0 heterocycles. The van der Waals surface area contributed by atoms with Gasteiger partial charge in [-0.15, -0.1) is 0 Å². The van der Waals surface area contributed by atoms with E-state index < -0.39 is 5.54 Å². The molecule has 0 radical (unpaired) electrons. The number of esters is 1. The van der Waals surface area contributed by atoms with Crippen LogP contribution in [-0.2, 0) is 9.53 Å². The van der Waals surface area contributed by atoms with Gasteiger partial charge >= 0.3 is 5.97 Å². The molecule has 4 heteroatoms. The van der Waals surface area contributed by atoms with Gasteiger partial charge in [0.25, 0.3) is 0 Å². The highest BCUT2D eigenvalue weighted by atomic mass is 16.5. The molecule has 0 saturated heterocycles. The molecule has 2 unspecified atom stereocenters. The summed E-state index contributed by atoms with van der Waals surface area (Å²) in [6.07, 6.45) is 4.02. The highest BCUT2D eigenvalue weighted by Gasteiger charge is 2.47. The van der Waals surface area contributed by atoms with Crippen molar-refractivity contribution in [1.82, 2.24) is 10.2 Å². The summed E-state index contributed by atoms with van der Waals surface area (Å²) in [6.45, 7) is 11.8. The van der Waals surface area contributed by atoms with Crippen LogP contribution in [0.25, 0.3) is 0 Å². The molecule has 1 aliphatic carbocycles. The largest absolute Gasteiger partial charge is 0.465 e. The first-order chi connectivity index (χ1) is 9.13. The van der Waals surface area contributed by atoms with Crippen molar-refractivity contribution >= 4 is 5.97 Å². The number of hydrogen-bond acceptors (Lipinski definition) is 4. The predicted molar refractivity (Wildman–Crippen MR) is 78.2 cm³/mol. The van der Waals surface area contributed by atoms with Gasteiger partial charge in [0.15, 0.2) is 0 Å². The Morgan fingerprint density at radius 2 is 2.11 bits per heavy atom. The molecular formula is C15H30N2O2. The number of hydrogen-bond donors (Lipinski definition) is 1. The van der Waals surface area contributed by atoms with Crippen LogP contribution in [0.15, 0.2) is 0 Å². The molecule has 1 fully saturated rings. The maximum absolute atomic E-state index is 12.3. The van der Waals surface area contributed by atoms with Gasteiger partial charge in [-0.3, -0.25) is 4.79 Å². The first-order valence-electron chi connectivity index (χ1n) is 7.79. The van der Waals surface area contributed by atoms with Gasteiger partial charge in [0.1, 0.15) is 5.54 Å². The third-order valence-electron chi connectivity index (χ3n) is 4.10. The van der Waals surface area contributed by atoms with E-state index in [0.717, 1.165) is 45.3 Å².